The molecule has 1 saturated heterocycles. The lowest BCUT2D eigenvalue weighted by atomic mass is 9.89. The highest BCUT2D eigenvalue weighted by Gasteiger charge is 2.38. The summed E-state index contributed by atoms with van der Waals surface area (Å²) in [5, 5.41) is 6.31. The first kappa shape index (κ1) is 23.1. The number of hydrogen-bond acceptors (Lipinski definition) is 6. The first-order valence-corrected chi connectivity index (χ1v) is 12.4. The Morgan fingerprint density at radius 2 is 2.00 bits per heavy atom. The number of alkyl halides is 1. The van der Waals surface area contributed by atoms with E-state index in [0.29, 0.717) is 44.1 Å². The van der Waals surface area contributed by atoms with E-state index in [4.69, 9.17) is 16.3 Å². The van der Waals surface area contributed by atoms with Crippen molar-refractivity contribution in [1.29, 1.82) is 0 Å². The van der Waals surface area contributed by atoms with E-state index in [1.807, 2.05) is 29.2 Å². The molecule has 2 atom stereocenters. The summed E-state index contributed by atoms with van der Waals surface area (Å²) in [4.78, 5) is 35.4. The maximum Gasteiger partial charge on any atom is 0.254 e. The topological polar surface area (TPSA) is 96.5 Å². The minimum Gasteiger partial charge on any atom is -0.381 e. The first-order chi connectivity index (χ1) is 16.4. The third kappa shape index (κ3) is 4.74. The summed E-state index contributed by atoms with van der Waals surface area (Å²) in [6.45, 7) is 3.31. The first-order valence-electron chi connectivity index (χ1n) is 12.0. The molecule has 0 bridgehead atoms. The normalized spacial score (nSPS) is 23.9. The van der Waals surface area contributed by atoms with E-state index >= 15 is 0 Å². The summed E-state index contributed by atoms with van der Waals surface area (Å²) in [6.07, 6.45) is 6.99. The molecular weight excluding hydrogens is 454 g/mol. The van der Waals surface area contributed by atoms with Crippen LogP contribution in [0.15, 0.2) is 30.5 Å². The number of halogens is 1. The molecule has 1 aliphatic carbocycles. The number of rotatable bonds is 5. The van der Waals surface area contributed by atoms with Gasteiger partial charge in [-0.05, 0) is 30.5 Å². The SMILES string of the molecule is CC(=O)NC1CCCCC1N1Cc2ccc(-c3ccnc(NC4(Cl)CCOCC4)n3)cc2C1=O. The van der Waals surface area contributed by atoms with Crippen molar-refractivity contribution >= 4 is 29.4 Å². The van der Waals surface area contributed by atoms with Gasteiger partial charge in [0.25, 0.3) is 5.91 Å². The molecule has 9 heteroatoms. The van der Waals surface area contributed by atoms with Crippen molar-refractivity contribution in [2.75, 3.05) is 18.5 Å². The fourth-order valence-corrected chi connectivity index (χ4v) is 5.50. The zero-order valence-electron chi connectivity index (χ0n) is 19.3. The van der Waals surface area contributed by atoms with Gasteiger partial charge in [-0.3, -0.25) is 9.59 Å². The molecule has 2 unspecified atom stereocenters. The van der Waals surface area contributed by atoms with Crippen molar-refractivity contribution in [3.63, 3.8) is 0 Å². The smallest absolute Gasteiger partial charge is 0.254 e. The zero-order chi connectivity index (χ0) is 23.7. The van der Waals surface area contributed by atoms with Gasteiger partial charge in [0.2, 0.25) is 11.9 Å². The Kier molecular flexibility index (Phi) is 6.44. The van der Waals surface area contributed by atoms with E-state index < -0.39 is 5.00 Å². The van der Waals surface area contributed by atoms with Crippen LogP contribution in [-0.2, 0) is 16.1 Å². The number of amides is 2. The number of benzene rings is 1. The molecule has 3 heterocycles. The largest absolute Gasteiger partial charge is 0.381 e. The molecular formula is C25H30ClN5O3. The van der Waals surface area contributed by atoms with Crippen molar-refractivity contribution in [2.45, 2.75) is 69.1 Å². The molecule has 2 aliphatic heterocycles. The number of carbonyl (C=O) groups is 2. The maximum atomic E-state index is 13.4. The molecule has 1 saturated carbocycles. The number of ether oxygens (including phenoxy) is 1. The molecule has 8 nitrogen and oxygen atoms in total. The van der Waals surface area contributed by atoms with Gasteiger partial charge in [-0.2, -0.15) is 0 Å². The van der Waals surface area contributed by atoms with Crippen LogP contribution < -0.4 is 10.6 Å². The van der Waals surface area contributed by atoms with Gasteiger partial charge in [0.05, 0.1) is 24.9 Å². The Balaban J connectivity index is 1.36. The van der Waals surface area contributed by atoms with Crippen LogP contribution in [0.25, 0.3) is 11.3 Å². The number of carbonyl (C=O) groups excluding carboxylic acids is 2. The molecule has 5 rings (SSSR count). The lowest BCUT2D eigenvalue weighted by molar-refractivity contribution is -0.120. The summed E-state index contributed by atoms with van der Waals surface area (Å²) in [6, 6.07) is 7.80. The summed E-state index contributed by atoms with van der Waals surface area (Å²) in [5.74, 6) is 0.438. The molecule has 3 aliphatic rings. The third-order valence-electron chi connectivity index (χ3n) is 7.03. The fraction of sp³-hybridized carbons (Fsp3) is 0.520. The van der Waals surface area contributed by atoms with Gasteiger partial charge >= 0.3 is 0 Å². The second kappa shape index (κ2) is 9.50. The van der Waals surface area contributed by atoms with Gasteiger partial charge in [0.1, 0.15) is 5.00 Å². The third-order valence-corrected chi connectivity index (χ3v) is 7.51. The summed E-state index contributed by atoms with van der Waals surface area (Å²) >= 11 is 6.69. The van der Waals surface area contributed by atoms with Crippen LogP contribution in [0, 0.1) is 0 Å². The van der Waals surface area contributed by atoms with Crippen LogP contribution in [0.3, 0.4) is 0 Å². The van der Waals surface area contributed by atoms with Gasteiger partial charge in [0, 0.05) is 49.7 Å². The van der Waals surface area contributed by atoms with E-state index in [-0.39, 0.29) is 23.9 Å². The molecule has 0 spiro atoms. The monoisotopic (exact) mass is 483 g/mol. The van der Waals surface area contributed by atoms with Crippen LogP contribution in [0.4, 0.5) is 5.95 Å². The Morgan fingerprint density at radius 1 is 1.21 bits per heavy atom. The molecule has 2 amide bonds. The van der Waals surface area contributed by atoms with E-state index in [0.717, 1.165) is 42.5 Å². The highest BCUT2D eigenvalue weighted by molar-refractivity contribution is 6.25. The molecule has 0 radical (unpaired) electrons. The van der Waals surface area contributed by atoms with Crippen molar-refractivity contribution in [2.24, 2.45) is 0 Å². The second-order valence-electron chi connectivity index (χ2n) is 9.43. The van der Waals surface area contributed by atoms with Gasteiger partial charge in [-0.25, -0.2) is 9.97 Å². The van der Waals surface area contributed by atoms with Crippen molar-refractivity contribution in [3.8, 4) is 11.3 Å². The predicted molar refractivity (Wildman–Crippen MR) is 129 cm³/mol. The Labute approximate surface area is 204 Å². The van der Waals surface area contributed by atoms with Crippen LogP contribution in [0.1, 0.15) is 61.4 Å². The van der Waals surface area contributed by atoms with Crippen LogP contribution in [-0.4, -0.2) is 57.0 Å². The Bertz CT molecular complexity index is 1090. The van der Waals surface area contributed by atoms with Crippen molar-refractivity contribution < 1.29 is 14.3 Å². The van der Waals surface area contributed by atoms with Gasteiger partial charge in [-0.15, -0.1) is 0 Å². The van der Waals surface area contributed by atoms with Crippen LogP contribution >= 0.6 is 11.6 Å². The number of hydrogen-bond donors (Lipinski definition) is 2. The standard InChI is InChI=1S/C25H30ClN5O3/c1-16(32)28-21-4-2-3-5-22(21)31-15-18-7-6-17(14-19(18)23(31)33)20-8-11-27-24(29-20)30-25(26)9-12-34-13-10-25/h6-8,11,14,21-22H,2-5,9-10,12-13,15H2,1H3,(H,28,32)(H,27,29,30). The maximum absolute atomic E-state index is 13.4. The number of aromatic nitrogens is 2. The predicted octanol–water partition coefficient (Wildman–Crippen LogP) is 3.70. The molecule has 34 heavy (non-hydrogen) atoms. The number of nitrogens with one attached hydrogen (secondary N) is 2. The van der Waals surface area contributed by atoms with Gasteiger partial charge in [0.15, 0.2) is 0 Å². The molecule has 2 fully saturated rings. The van der Waals surface area contributed by atoms with Gasteiger partial charge in [-0.1, -0.05) is 36.6 Å². The fourth-order valence-electron chi connectivity index (χ4n) is 5.26. The van der Waals surface area contributed by atoms with Crippen LogP contribution in [0.5, 0.6) is 0 Å². The van der Waals surface area contributed by atoms with Crippen LogP contribution in [0.2, 0.25) is 0 Å². The Hall–Kier alpha value is -2.71. The zero-order valence-corrected chi connectivity index (χ0v) is 20.1. The van der Waals surface area contributed by atoms with Crippen molar-refractivity contribution in [1.82, 2.24) is 20.2 Å². The van der Waals surface area contributed by atoms with E-state index in [1.165, 1.54) is 6.92 Å². The second-order valence-corrected chi connectivity index (χ2v) is 10.2. The summed E-state index contributed by atoms with van der Waals surface area (Å²) in [5.41, 5.74) is 3.30. The molecule has 2 aromatic rings. The lowest BCUT2D eigenvalue weighted by Crippen LogP contribution is -2.53. The van der Waals surface area contributed by atoms with Crippen molar-refractivity contribution in [3.05, 3.63) is 41.6 Å². The average Bonchev–Trinajstić information content (AvgIpc) is 3.15. The highest BCUT2D eigenvalue weighted by atomic mass is 35.5. The summed E-state index contributed by atoms with van der Waals surface area (Å²) < 4.78 is 5.40. The molecule has 1 aromatic heterocycles. The summed E-state index contributed by atoms with van der Waals surface area (Å²) in [7, 11) is 0. The number of nitrogens with zero attached hydrogens (tertiary/aromatic N) is 3. The average molecular weight is 484 g/mol. The minimum absolute atomic E-state index is 0.00698. The number of fused-ring (bicyclic) bond motifs is 1. The van der Waals surface area contributed by atoms with E-state index in [2.05, 4.69) is 20.6 Å². The number of anilines is 1. The quantitative estimate of drug-likeness (QED) is 0.497. The highest BCUT2D eigenvalue weighted by Crippen LogP contribution is 2.34. The minimum atomic E-state index is -0.615. The molecule has 1 aromatic carbocycles. The van der Waals surface area contributed by atoms with E-state index in [1.54, 1.807) is 6.20 Å². The lowest BCUT2D eigenvalue weighted by Gasteiger charge is -2.38. The van der Waals surface area contributed by atoms with E-state index in [9.17, 15) is 9.59 Å². The molecule has 2 N–H and O–H groups in total. The Morgan fingerprint density at radius 3 is 2.79 bits per heavy atom. The van der Waals surface area contributed by atoms with Gasteiger partial charge < -0.3 is 20.3 Å². The molecule has 180 valence electrons.